The lowest BCUT2D eigenvalue weighted by molar-refractivity contribution is -0.155. The summed E-state index contributed by atoms with van der Waals surface area (Å²) in [4.78, 5) is 12.6. The summed E-state index contributed by atoms with van der Waals surface area (Å²) in [5.74, 6) is -3.71. The van der Waals surface area contributed by atoms with Crippen LogP contribution in [0, 0.1) is 11.6 Å². The standard InChI is InChI=1S/C19H14ClF5N2O/c1-2-27-15-9-12(20)5-3-10(15)8-16(27)18(28)26-17(19(23,24)25)11-4-6-13(21)14(22)7-11/h3-9,17H,2H2,1H3,(H,26,28). The number of carbonyl (C=O) groups is 1. The zero-order chi connectivity index (χ0) is 20.6. The van der Waals surface area contributed by atoms with E-state index in [1.165, 1.54) is 10.6 Å². The number of fused-ring (bicyclic) bond motifs is 1. The van der Waals surface area contributed by atoms with Gasteiger partial charge in [-0.25, -0.2) is 8.78 Å². The molecule has 1 aromatic heterocycles. The highest BCUT2D eigenvalue weighted by Gasteiger charge is 2.42. The lowest BCUT2D eigenvalue weighted by Gasteiger charge is -2.22. The van der Waals surface area contributed by atoms with Crippen LogP contribution in [0.1, 0.15) is 29.0 Å². The van der Waals surface area contributed by atoms with Crippen LogP contribution in [-0.2, 0) is 6.54 Å². The minimum absolute atomic E-state index is 0.00315. The maximum atomic E-state index is 13.5. The molecule has 0 radical (unpaired) electrons. The average Bonchev–Trinajstić information content (AvgIpc) is 2.98. The second-order valence-corrected chi connectivity index (χ2v) is 6.54. The monoisotopic (exact) mass is 416 g/mol. The van der Waals surface area contributed by atoms with Crippen molar-refractivity contribution in [2.45, 2.75) is 25.7 Å². The van der Waals surface area contributed by atoms with Crippen LogP contribution < -0.4 is 5.32 Å². The molecule has 0 aliphatic carbocycles. The summed E-state index contributed by atoms with van der Waals surface area (Å²) in [6.45, 7) is 2.04. The van der Waals surface area contributed by atoms with E-state index < -0.39 is 35.3 Å². The molecule has 0 fully saturated rings. The lowest BCUT2D eigenvalue weighted by Crippen LogP contribution is -2.39. The fourth-order valence-electron chi connectivity index (χ4n) is 3.01. The van der Waals surface area contributed by atoms with Gasteiger partial charge in [0.05, 0.1) is 5.52 Å². The van der Waals surface area contributed by atoms with E-state index in [1.54, 1.807) is 25.1 Å². The summed E-state index contributed by atoms with van der Waals surface area (Å²) in [5, 5.41) is 2.93. The van der Waals surface area contributed by atoms with E-state index in [4.69, 9.17) is 11.6 Å². The van der Waals surface area contributed by atoms with Crippen molar-refractivity contribution >= 4 is 28.4 Å². The summed E-state index contributed by atoms with van der Waals surface area (Å²) in [6, 6.07) is 5.59. The van der Waals surface area contributed by atoms with Gasteiger partial charge in [-0.05, 0) is 42.8 Å². The van der Waals surface area contributed by atoms with Gasteiger partial charge >= 0.3 is 6.18 Å². The molecule has 2 aromatic carbocycles. The van der Waals surface area contributed by atoms with Crippen molar-refractivity contribution in [1.29, 1.82) is 0 Å². The van der Waals surface area contributed by atoms with Crippen LogP contribution in [0.2, 0.25) is 5.02 Å². The third-order valence-corrected chi connectivity index (χ3v) is 4.53. The maximum Gasteiger partial charge on any atom is 0.412 e. The van der Waals surface area contributed by atoms with E-state index >= 15 is 0 Å². The van der Waals surface area contributed by atoms with Gasteiger partial charge < -0.3 is 9.88 Å². The fraction of sp³-hybridized carbons (Fsp3) is 0.211. The van der Waals surface area contributed by atoms with Crippen molar-refractivity contribution in [3.05, 3.63) is 70.4 Å². The molecule has 0 aliphatic rings. The van der Waals surface area contributed by atoms with Crippen LogP contribution in [0.4, 0.5) is 22.0 Å². The molecule has 1 amide bonds. The minimum Gasteiger partial charge on any atom is -0.337 e. The first-order valence-electron chi connectivity index (χ1n) is 8.23. The quantitative estimate of drug-likeness (QED) is 0.550. The Morgan fingerprint density at radius 1 is 1.11 bits per heavy atom. The van der Waals surface area contributed by atoms with E-state index in [0.29, 0.717) is 34.6 Å². The number of aryl methyl sites for hydroxylation is 1. The number of hydrogen-bond donors (Lipinski definition) is 1. The molecule has 9 heteroatoms. The van der Waals surface area contributed by atoms with Gasteiger partial charge in [0.1, 0.15) is 5.69 Å². The smallest absolute Gasteiger partial charge is 0.337 e. The zero-order valence-corrected chi connectivity index (χ0v) is 15.2. The molecular formula is C19H14ClF5N2O. The third-order valence-electron chi connectivity index (χ3n) is 4.29. The molecule has 1 unspecified atom stereocenters. The van der Waals surface area contributed by atoms with E-state index in [9.17, 15) is 26.7 Å². The topological polar surface area (TPSA) is 34.0 Å². The van der Waals surface area contributed by atoms with Crippen LogP contribution in [0.15, 0.2) is 42.5 Å². The average molecular weight is 417 g/mol. The number of halogens is 6. The van der Waals surface area contributed by atoms with Crippen molar-refractivity contribution in [3.63, 3.8) is 0 Å². The molecule has 0 aliphatic heterocycles. The Balaban J connectivity index is 2.01. The van der Waals surface area contributed by atoms with E-state index in [0.717, 1.165) is 6.07 Å². The van der Waals surface area contributed by atoms with Crippen molar-refractivity contribution in [3.8, 4) is 0 Å². The number of amides is 1. The van der Waals surface area contributed by atoms with Gasteiger partial charge in [0.15, 0.2) is 17.7 Å². The predicted molar refractivity (Wildman–Crippen MR) is 95.2 cm³/mol. The van der Waals surface area contributed by atoms with Gasteiger partial charge in [0, 0.05) is 17.0 Å². The Labute approximate surface area is 161 Å². The SMILES string of the molecule is CCn1c(C(=O)NC(c2ccc(F)c(F)c2)C(F)(F)F)cc2ccc(Cl)cc21. The van der Waals surface area contributed by atoms with Crippen molar-refractivity contribution in [2.75, 3.05) is 0 Å². The second kappa shape index (κ2) is 7.43. The molecule has 1 heterocycles. The Hall–Kier alpha value is -2.61. The maximum absolute atomic E-state index is 13.5. The molecule has 0 saturated carbocycles. The molecule has 0 spiro atoms. The Morgan fingerprint density at radius 3 is 2.43 bits per heavy atom. The summed E-state index contributed by atoms with van der Waals surface area (Å²) < 4.78 is 68.5. The van der Waals surface area contributed by atoms with E-state index in [-0.39, 0.29) is 5.69 Å². The summed E-state index contributed by atoms with van der Waals surface area (Å²) in [7, 11) is 0. The predicted octanol–water partition coefficient (Wildman–Crippen LogP) is 5.63. The Kier molecular flexibility index (Phi) is 5.34. The number of benzene rings is 2. The van der Waals surface area contributed by atoms with Crippen LogP contribution in [0.25, 0.3) is 10.9 Å². The van der Waals surface area contributed by atoms with Crippen LogP contribution in [-0.4, -0.2) is 16.7 Å². The molecule has 0 saturated heterocycles. The number of hydrogen-bond acceptors (Lipinski definition) is 1. The number of alkyl halides is 3. The fourth-order valence-corrected chi connectivity index (χ4v) is 3.17. The van der Waals surface area contributed by atoms with Crippen LogP contribution in [0.3, 0.4) is 0 Å². The first-order valence-corrected chi connectivity index (χ1v) is 8.61. The molecule has 3 rings (SSSR count). The van der Waals surface area contributed by atoms with Gasteiger partial charge in [-0.1, -0.05) is 23.7 Å². The molecule has 3 nitrogen and oxygen atoms in total. The van der Waals surface area contributed by atoms with Crippen LogP contribution in [0.5, 0.6) is 0 Å². The van der Waals surface area contributed by atoms with Gasteiger partial charge in [-0.2, -0.15) is 13.2 Å². The molecule has 3 aromatic rings. The summed E-state index contributed by atoms with van der Waals surface area (Å²) in [5.41, 5.74) is -0.0184. The van der Waals surface area contributed by atoms with Crippen molar-refractivity contribution in [2.24, 2.45) is 0 Å². The van der Waals surface area contributed by atoms with Crippen molar-refractivity contribution in [1.82, 2.24) is 9.88 Å². The molecule has 0 bridgehead atoms. The number of carbonyl (C=O) groups excluding carboxylic acids is 1. The lowest BCUT2D eigenvalue weighted by atomic mass is 10.1. The first kappa shape index (κ1) is 20.1. The highest BCUT2D eigenvalue weighted by molar-refractivity contribution is 6.31. The van der Waals surface area contributed by atoms with E-state index in [2.05, 4.69) is 0 Å². The zero-order valence-electron chi connectivity index (χ0n) is 14.4. The van der Waals surface area contributed by atoms with Crippen LogP contribution >= 0.6 is 11.6 Å². The Bertz CT molecular complexity index is 1040. The summed E-state index contributed by atoms with van der Waals surface area (Å²) >= 11 is 5.96. The largest absolute Gasteiger partial charge is 0.412 e. The highest BCUT2D eigenvalue weighted by atomic mass is 35.5. The third kappa shape index (κ3) is 3.82. The number of rotatable bonds is 4. The van der Waals surface area contributed by atoms with Gasteiger partial charge in [0.25, 0.3) is 5.91 Å². The van der Waals surface area contributed by atoms with Gasteiger partial charge in [-0.15, -0.1) is 0 Å². The van der Waals surface area contributed by atoms with Crippen molar-refractivity contribution < 1.29 is 26.7 Å². The Morgan fingerprint density at radius 2 is 1.82 bits per heavy atom. The second-order valence-electron chi connectivity index (χ2n) is 6.10. The first-order chi connectivity index (χ1) is 13.1. The molecule has 1 atom stereocenters. The molecule has 28 heavy (non-hydrogen) atoms. The van der Waals surface area contributed by atoms with Gasteiger partial charge in [0.2, 0.25) is 0 Å². The highest BCUT2D eigenvalue weighted by Crippen LogP contribution is 2.34. The van der Waals surface area contributed by atoms with E-state index in [1.807, 2.05) is 5.32 Å². The normalized spacial score (nSPS) is 13.0. The number of aromatic nitrogens is 1. The molecule has 1 N–H and O–H groups in total. The molecule has 148 valence electrons. The minimum atomic E-state index is -4.91. The van der Waals surface area contributed by atoms with Gasteiger partial charge in [-0.3, -0.25) is 4.79 Å². The number of nitrogens with zero attached hydrogens (tertiary/aromatic N) is 1. The number of nitrogens with one attached hydrogen (secondary N) is 1. The molecular weight excluding hydrogens is 403 g/mol. The summed E-state index contributed by atoms with van der Waals surface area (Å²) in [6.07, 6.45) is -4.91.